The molecule has 0 amide bonds. The van der Waals surface area contributed by atoms with E-state index in [0.717, 1.165) is 53.2 Å². The predicted molar refractivity (Wildman–Crippen MR) is 87.3 cm³/mol. The Labute approximate surface area is 133 Å². The summed E-state index contributed by atoms with van der Waals surface area (Å²) >= 11 is 9.65. The lowest BCUT2D eigenvalue weighted by molar-refractivity contribution is 0.666. The number of hydrogen-bond donors (Lipinski definition) is 1. The summed E-state index contributed by atoms with van der Waals surface area (Å²) < 4.78 is 3.07. The topological polar surface area (TPSA) is 29.9 Å². The Kier molecular flexibility index (Phi) is 6.07. The number of rotatable bonds is 7. The fourth-order valence-corrected chi connectivity index (χ4v) is 2.72. The summed E-state index contributed by atoms with van der Waals surface area (Å²) in [4.78, 5) is 4.43. The van der Waals surface area contributed by atoms with Crippen LogP contribution in [0, 0.1) is 0 Å². The van der Waals surface area contributed by atoms with Crippen LogP contribution in [0.15, 0.2) is 35.2 Å². The summed E-state index contributed by atoms with van der Waals surface area (Å²) in [5, 5.41) is 4.16. The standard InChI is InChI=1S/C15H19BrClN3/c1-2-6-18-7-5-14-10-20(11-19-14)9-12-3-4-13(16)8-15(12)17/h3-4,8,10-11,18H,2,5-7,9H2,1H3. The summed E-state index contributed by atoms with van der Waals surface area (Å²) in [6, 6.07) is 5.96. The molecule has 1 N–H and O–H groups in total. The SMILES string of the molecule is CCCNCCc1cn(Cc2ccc(Br)cc2Cl)cn1. The van der Waals surface area contributed by atoms with Gasteiger partial charge >= 0.3 is 0 Å². The second-order valence-corrected chi connectivity index (χ2v) is 6.10. The molecule has 1 aromatic heterocycles. The van der Waals surface area contributed by atoms with Gasteiger partial charge in [-0.3, -0.25) is 0 Å². The molecule has 0 atom stereocenters. The van der Waals surface area contributed by atoms with Gasteiger partial charge in [-0.2, -0.15) is 0 Å². The van der Waals surface area contributed by atoms with Crippen LogP contribution < -0.4 is 5.32 Å². The maximum Gasteiger partial charge on any atom is 0.0952 e. The number of nitrogens with one attached hydrogen (secondary N) is 1. The van der Waals surface area contributed by atoms with E-state index in [-0.39, 0.29) is 0 Å². The molecule has 5 heteroatoms. The zero-order valence-electron chi connectivity index (χ0n) is 11.6. The lowest BCUT2D eigenvalue weighted by atomic mass is 10.2. The van der Waals surface area contributed by atoms with Gasteiger partial charge in [-0.15, -0.1) is 0 Å². The molecule has 1 aromatic carbocycles. The Morgan fingerprint density at radius 1 is 1.35 bits per heavy atom. The van der Waals surface area contributed by atoms with E-state index in [2.05, 4.69) is 43.9 Å². The second-order valence-electron chi connectivity index (χ2n) is 4.77. The summed E-state index contributed by atoms with van der Waals surface area (Å²) in [5.74, 6) is 0. The van der Waals surface area contributed by atoms with E-state index < -0.39 is 0 Å². The van der Waals surface area contributed by atoms with Crippen molar-refractivity contribution in [3.05, 3.63) is 51.5 Å². The lowest BCUT2D eigenvalue weighted by Gasteiger charge is -2.05. The van der Waals surface area contributed by atoms with Crippen LogP contribution in [-0.4, -0.2) is 22.6 Å². The van der Waals surface area contributed by atoms with Gasteiger partial charge in [-0.05, 0) is 30.7 Å². The van der Waals surface area contributed by atoms with Crippen LogP contribution in [0.1, 0.15) is 24.6 Å². The molecule has 0 fully saturated rings. The number of halogens is 2. The number of nitrogens with zero attached hydrogens (tertiary/aromatic N) is 2. The molecule has 1 heterocycles. The second kappa shape index (κ2) is 7.81. The fourth-order valence-electron chi connectivity index (χ4n) is 1.99. The highest BCUT2D eigenvalue weighted by Gasteiger charge is 2.04. The van der Waals surface area contributed by atoms with Crippen molar-refractivity contribution in [3.63, 3.8) is 0 Å². The molecular formula is C15H19BrClN3. The Balaban J connectivity index is 1.92. The molecule has 0 aliphatic heterocycles. The monoisotopic (exact) mass is 355 g/mol. The molecule has 2 rings (SSSR count). The van der Waals surface area contributed by atoms with Crippen molar-refractivity contribution < 1.29 is 0 Å². The van der Waals surface area contributed by atoms with E-state index >= 15 is 0 Å². The molecule has 3 nitrogen and oxygen atoms in total. The largest absolute Gasteiger partial charge is 0.333 e. The maximum absolute atomic E-state index is 6.23. The predicted octanol–water partition coefficient (Wildman–Crippen LogP) is 3.89. The summed E-state index contributed by atoms with van der Waals surface area (Å²) in [6.07, 6.45) is 6.08. The highest BCUT2D eigenvalue weighted by Crippen LogP contribution is 2.22. The lowest BCUT2D eigenvalue weighted by Crippen LogP contribution is -2.17. The highest BCUT2D eigenvalue weighted by atomic mass is 79.9. The average Bonchev–Trinajstić information content (AvgIpc) is 2.86. The molecule has 2 aromatic rings. The van der Waals surface area contributed by atoms with E-state index in [1.807, 2.05) is 24.5 Å². The number of aromatic nitrogens is 2. The van der Waals surface area contributed by atoms with E-state index in [1.54, 1.807) is 0 Å². The van der Waals surface area contributed by atoms with Crippen LogP contribution in [0.25, 0.3) is 0 Å². The highest BCUT2D eigenvalue weighted by molar-refractivity contribution is 9.10. The molecule has 0 spiro atoms. The minimum absolute atomic E-state index is 0.751. The molecule has 0 bridgehead atoms. The van der Waals surface area contributed by atoms with Crippen LogP contribution in [-0.2, 0) is 13.0 Å². The van der Waals surface area contributed by atoms with E-state index in [1.165, 1.54) is 0 Å². The van der Waals surface area contributed by atoms with Crippen molar-refractivity contribution in [1.29, 1.82) is 0 Å². The molecule has 20 heavy (non-hydrogen) atoms. The van der Waals surface area contributed by atoms with E-state index in [9.17, 15) is 0 Å². The molecule has 0 aliphatic carbocycles. The minimum Gasteiger partial charge on any atom is -0.333 e. The summed E-state index contributed by atoms with van der Waals surface area (Å²) in [5.41, 5.74) is 2.21. The molecule has 0 saturated heterocycles. The third kappa shape index (κ3) is 4.62. The van der Waals surface area contributed by atoms with Crippen molar-refractivity contribution in [3.8, 4) is 0 Å². The minimum atomic E-state index is 0.751. The van der Waals surface area contributed by atoms with Gasteiger partial charge in [-0.25, -0.2) is 4.98 Å². The first kappa shape index (κ1) is 15.5. The normalized spacial score (nSPS) is 10.9. The average molecular weight is 357 g/mol. The smallest absolute Gasteiger partial charge is 0.0952 e. The third-order valence-electron chi connectivity index (χ3n) is 3.04. The first-order chi connectivity index (χ1) is 9.69. The van der Waals surface area contributed by atoms with Crippen LogP contribution in [0.5, 0.6) is 0 Å². The van der Waals surface area contributed by atoms with Gasteiger partial charge in [0.1, 0.15) is 0 Å². The molecular weight excluding hydrogens is 338 g/mol. The van der Waals surface area contributed by atoms with Gasteiger partial charge < -0.3 is 9.88 Å². The zero-order valence-corrected chi connectivity index (χ0v) is 13.9. The third-order valence-corrected chi connectivity index (χ3v) is 3.88. The fraction of sp³-hybridized carbons (Fsp3) is 0.400. The number of imidazole rings is 1. The van der Waals surface area contributed by atoms with Crippen molar-refractivity contribution in [2.45, 2.75) is 26.3 Å². The number of hydrogen-bond acceptors (Lipinski definition) is 2. The summed E-state index contributed by atoms with van der Waals surface area (Å²) in [7, 11) is 0. The summed E-state index contributed by atoms with van der Waals surface area (Å²) in [6.45, 7) is 4.96. The van der Waals surface area contributed by atoms with Gasteiger partial charge in [0, 0.05) is 35.2 Å². The van der Waals surface area contributed by atoms with Crippen LogP contribution in [0.3, 0.4) is 0 Å². The first-order valence-corrected chi connectivity index (χ1v) is 8.01. The molecule has 0 saturated carbocycles. The van der Waals surface area contributed by atoms with Gasteiger partial charge in [0.05, 0.1) is 12.0 Å². The van der Waals surface area contributed by atoms with Crippen molar-refractivity contribution in [1.82, 2.24) is 14.9 Å². The zero-order chi connectivity index (χ0) is 14.4. The van der Waals surface area contributed by atoms with Crippen molar-refractivity contribution in [2.75, 3.05) is 13.1 Å². The van der Waals surface area contributed by atoms with E-state index in [4.69, 9.17) is 11.6 Å². The quantitative estimate of drug-likeness (QED) is 0.763. The van der Waals surface area contributed by atoms with Crippen molar-refractivity contribution in [2.24, 2.45) is 0 Å². The molecule has 0 aliphatic rings. The van der Waals surface area contributed by atoms with Gasteiger partial charge in [0.25, 0.3) is 0 Å². The van der Waals surface area contributed by atoms with Crippen LogP contribution in [0.4, 0.5) is 0 Å². The molecule has 108 valence electrons. The molecule has 0 radical (unpaired) electrons. The number of benzene rings is 1. The van der Waals surface area contributed by atoms with E-state index in [0.29, 0.717) is 0 Å². The Bertz CT molecular complexity index is 554. The Hall–Kier alpha value is -0.840. The van der Waals surface area contributed by atoms with Gasteiger partial charge in [0.2, 0.25) is 0 Å². The van der Waals surface area contributed by atoms with Crippen molar-refractivity contribution >= 4 is 27.5 Å². The first-order valence-electron chi connectivity index (χ1n) is 6.84. The maximum atomic E-state index is 6.23. The van der Waals surface area contributed by atoms with Gasteiger partial charge in [-0.1, -0.05) is 40.5 Å². The Morgan fingerprint density at radius 2 is 2.20 bits per heavy atom. The van der Waals surface area contributed by atoms with Crippen LogP contribution in [0.2, 0.25) is 5.02 Å². The van der Waals surface area contributed by atoms with Crippen LogP contribution >= 0.6 is 27.5 Å². The van der Waals surface area contributed by atoms with Gasteiger partial charge in [0.15, 0.2) is 0 Å². The Morgan fingerprint density at radius 3 is 2.95 bits per heavy atom. The molecule has 0 unspecified atom stereocenters.